The van der Waals surface area contributed by atoms with E-state index >= 15 is 0 Å². The summed E-state index contributed by atoms with van der Waals surface area (Å²) in [5.41, 5.74) is 4.40. The number of hydrogen-bond donors (Lipinski definition) is 0. The second-order valence-electron chi connectivity index (χ2n) is 8.92. The lowest BCUT2D eigenvalue weighted by Gasteiger charge is -2.39. The van der Waals surface area contributed by atoms with Crippen molar-refractivity contribution in [2.45, 2.75) is 25.3 Å². The molecule has 1 aliphatic heterocycles. The average molecular weight is 578 g/mol. The molecular weight excluding hydrogens is 555 g/mol. The summed E-state index contributed by atoms with van der Waals surface area (Å²) in [7, 11) is 0. The third-order valence-corrected chi connectivity index (χ3v) is 7.72. The van der Waals surface area contributed by atoms with Crippen LogP contribution >= 0.6 is 39.1 Å². The lowest BCUT2D eigenvalue weighted by molar-refractivity contribution is -0.617. The second kappa shape index (κ2) is 9.93. The van der Waals surface area contributed by atoms with Crippen molar-refractivity contribution >= 4 is 45.0 Å². The van der Waals surface area contributed by atoms with Crippen molar-refractivity contribution in [1.29, 1.82) is 0 Å². The molecule has 7 nitrogen and oxygen atoms in total. The van der Waals surface area contributed by atoms with Gasteiger partial charge in [-0.2, -0.15) is 9.46 Å². The van der Waals surface area contributed by atoms with Gasteiger partial charge < -0.3 is 15.3 Å². The topological polar surface area (TPSA) is 77.4 Å². The molecule has 1 saturated heterocycles. The highest BCUT2D eigenvalue weighted by molar-refractivity contribution is 9.10. The molecule has 1 atom stereocenters. The molecule has 0 radical (unpaired) electrons. The van der Waals surface area contributed by atoms with Crippen molar-refractivity contribution in [3.05, 3.63) is 102 Å². The molecule has 1 aromatic carbocycles. The average Bonchev–Trinajstić information content (AvgIpc) is 2.98. The van der Waals surface area contributed by atoms with Gasteiger partial charge >= 0.3 is 0 Å². The van der Waals surface area contributed by atoms with E-state index in [4.69, 9.17) is 23.2 Å². The highest BCUT2D eigenvalue weighted by atomic mass is 79.9. The van der Waals surface area contributed by atoms with Gasteiger partial charge in [-0.3, -0.25) is 9.69 Å². The highest BCUT2D eigenvalue weighted by Gasteiger charge is 2.38. The zero-order valence-electron chi connectivity index (χ0n) is 18.8. The predicted molar refractivity (Wildman–Crippen MR) is 136 cm³/mol. The number of benzene rings is 1. The first-order valence-corrected chi connectivity index (χ1v) is 12.9. The summed E-state index contributed by atoms with van der Waals surface area (Å²) in [4.78, 5) is 17.0. The van der Waals surface area contributed by atoms with Crippen LogP contribution in [0, 0.1) is 10.4 Å². The molecule has 1 amide bonds. The van der Waals surface area contributed by atoms with E-state index in [1.54, 1.807) is 18.2 Å². The summed E-state index contributed by atoms with van der Waals surface area (Å²) >= 11 is 16.5. The molecule has 1 fully saturated rings. The summed E-state index contributed by atoms with van der Waals surface area (Å²) in [5, 5.41) is 25.6. The Morgan fingerprint density at radius 3 is 2.43 bits per heavy atom. The smallest absolute Gasteiger partial charge is 0.227 e. The number of rotatable bonds is 3. The van der Waals surface area contributed by atoms with E-state index in [1.165, 1.54) is 18.6 Å². The molecule has 10 heteroatoms. The Labute approximate surface area is 221 Å². The van der Waals surface area contributed by atoms with Crippen LogP contribution in [0.25, 0.3) is 0 Å². The zero-order valence-corrected chi connectivity index (χ0v) is 21.9. The van der Waals surface area contributed by atoms with Gasteiger partial charge in [-0.15, -0.1) is 0 Å². The predicted octanol–water partition coefficient (Wildman–Crippen LogP) is 3.60. The van der Waals surface area contributed by atoms with Crippen molar-refractivity contribution in [3.63, 3.8) is 0 Å². The summed E-state index contributed by atoms with van der Waals surface area (Å²) in [6.45, 7) is 2.27. The van der Waals surface area contributed by atoms with Gasteiger partial charge in [-0.05, 0) is 58.1 Å². The van der Waals surface area contributed by atoms with E-state index in [9.17, 15) is 15.2 Å². The molecule has 2 aliphatic rings. The standard InChI is InChI=1S/C25H23BrCl2N4O3/c26-19-12-18-2-1-17-13-20(27)14-21(28)23(17)25(24(18)32(35)15-19)30-9-7-29(8-10-30)22(33)11-16-3-5-31(34)6-4-16/h3-6,12-15,25H,1-2,7-11H2. The minimum atomic E-state index is -0.336. The monoisotopic (exact) mass is 576 g/mol. The fourth-order valence-corrected chi connectivity index (χ4v) is 6.19. The highest BCUT2D eigenvalue weighted by Crippen LogP contribution is 2.41. The number of aryl methyl sites for hydroxylation is 2. The molecule has 1 unspecified atom stereocenters. The maximum atomic E-state index is 13.2. The Balaban J connectivity index is 1.43. The number of halogens is 3. The van der Waals surface area contributed by atoms with Crippen LogP contribution in [-0.4, -0.2) is 41.9 Å². The second-order valence-corrected chi connectivity index (χ2v) is 10.7. The van der Waals surface area contributed by atoms with Crippen LogP contribution in [0.5, 0.6) is 0 Å². The number of pyridine rings is 2. The third kappa shape index (κ3) is 4.98. The molecule has 35 heavy (non-hydrogen) atoms. The summed E-state index contributed by atoms with van der Waals surface area (Å²) < 4.78 is 2.38. The minimum Gasteiger partial charge on any atom is -0.619 e. The van der Waals surface area contributed by atoms with Crippen LogP contribution in [0.1, 0.15) is 34.0 Å². The molecule has 0 spiro atoms. The van der Waals surface area contributed by atoms with Gasteiger partial charge in [0.1, 0.15) is 6.04 Å². The Hall–Kier alpha value is -2.39. The summed E-state index contributed by atoms with van der Waals surface area (Å²) in [6.07, 6.45) is 6.01. The fraction of sp³-hybridized carbons (Fsp3) is 0.320. The van der Waals surface area contributed by atoms with Crippen LogP contribution in [-0.2, 0) is 24.1 Å². The number of hydrogen-bond acceptors (Lipinski definition) is 4. The normalized spacial score (nSPS) is 18.0. The van der Waals surface area contributed by atoms with Crippen molar-refractivity contribution in [2.75, 3.05) is 26.2 Å². The third-order valence-electron chi connectivity index (χ3n) is 6.75. The number of carbonyl (C=O) groups is 1. The van der Waals surface area contributed by atoms with Crippen LogP contribution in [0.4, 0.5) is 0 Å². The molecule has 182 valence electrons. The van der Waals surface area contributed by atoms with Gasteiger partial charge in [0.25, 0.3) is 0 Å². The molecule has 0 saturated carbocycles. The number of nitrogens with zero attached hydrogens (tertiary/aromatic N) is 4. The molecule has 3 heterocycles. The van der Waals surface area contributed by atoms with Gasteiger partial charge in [0.2, 0.25) is 11.6 Å². The number of carbonyl (C=O) groups excluding carboxylic acids is 1. The summed E-state index contributed by atoms with van der Waals surface area (Å²) in [6, 6.07) is 8.67. The van der Waals surface area contributed by atoms with E-state index in [0.717, 1.165) is 37.9 Å². The first kappa shape index (κ1) is 24.3. The zero-order chi connectivity index (χ0) is 24.7. The maximum absolute atomic E-state index is 13.2. The van der Waals surface area contributed by atoms with Crippen LogP contribution in [0.15, 0.2) is 53.4 Å². The Bertz CT molecular complexity index is 1220. The lowest BCUT2D eigenvalue weighted by atomic mass is 9.95. The largest absolute Gasteiger partial charge is 0.619 e. The number of piperazine rings is 1. The number of fused-ring (bicyclic) bond motifs is 2. The van der Waals surface area contributed by atoms with E-state index in [-0.39, 0.29) is 18.4 Å². The molecule has 5 rings (SSSR count). The van der Waals surface area contributed by atoms with Crippen LogP contribution < -0.4 is 9.46 Å². The van der Waals surface area contributed by atoms with E-state index < -0.39 is 0 Å². The Kier molecular flexibility index (Phi) is 6.90. The quantitative estimate of drug-likeness (QED) is 0.352. The Morgan fingerprint density at radius 2 is 1.71 bits per heavy atom. The maximum Gasteiger partial charge on any atom is 0.227 e. The first-order chi connectivity index (χ1) is 16.8. The molecular formula is C25H23BrCl2N4O3. The Morgan fingerprint density at radius 1 is 1.03 bits per heavy atom. The van der Waals surface area contributed by atoms with Crippen LogP contribution in [0.3, 0.4) is 0 Å². The van der Waals surface area contributed by atoms with Crippen molar-refractivity contribution in [1.82, 2.24) is 9.80 Å². The van der Waals surface area contributed by atoms with Gasteiger partial charge in [-0.1, -0.05) is 23.2 Å². The molecule has 3 aromatic rings. The fourth-order valence-electron chi connectivity index (χ4n) is 5.09. The van der Waals surface area contributed by atoms with Crippen molar-refractivity contribution in [2.24, 2.45) is 0 Å². The lowest BCUT2D eigenvalue weighted by Crippen LogP contribution is -2.52. The first-order valence-electron chi connectivity index (χ1n) is 11.4. The van der Waals surface area contributed by atoms with Crippen molar-refractivity contribution in [3.8, 4) is 0 Å². The number of aromatic nitrogens is 2. The van der Waals surface area contributed by atoms with E-state index in [0.29, 0.717) is 53.1 Å². The molecule has 2 aromatic heterocycles. The minimum absolute atomic E-state index is 0.0163. The number of amides is 1. The van der Waals surface area contributed by atoms with Gasteiger partial charge in [0.05, 0.1) is 10.9 Å². The van der Waals surface area contributed by atoms with E-state index in [2.05, 4.69) is 20.8 Å². The summed E-state index contributed by atoms with van der Waals surface area (Å²) in [5.74, 6) is 0.0163. The molecule has 0 N–H and O–H groups in total. The SMILES string of the molecule is O=C(Cc1cc[n+]([O-])cc1)N1CCN(C2c3c(Cl)cc(Cl)cc3CCc3cc(Br)c[n+]([O-])c32)CC1. The molecule has 1 aliphatic carbocycles. The molecule has 0 bridgehead atoms. The van der Waals surface area contributed by atoms with Gasteiger partial charge in [-0.25, -0.2) is 0 Å². The van der Waals surface area contributed by atoms with Gasteiger partial charge in [0, 0.05) is 59.5 Å². The van der Waals surface area contributed by atoms with Crippen molar-refractivity contribution < 1.29 is 14.3 Å². The van der Waals surface area contributed by atoms with Crippen LogP contribution in [0.2, 0.25) is 10.0 Å². The van der Waals surface area contributed by atoms with Gasteiger partial charge in [0.15, 0.2) is 18.6 Å². The van der Waals surface area contributed by atoms with E-state index in [1.807, 2.05) is 17.0 Å².